The lowest BCUT2D eigenvalue weighted by Gasteiger charge is -2.02. The highest BCUT2D eigenvalue weighted by Crippen LogP contribution is 2.11. The minimum absolute atomic E-state index is 0. The van der Waals surface area contributed by atoms with E-state index in [4.69, 9.17) is 5.11 Å². The number of carbonyl (C=O) groups is 1. The second kappa shape index (κ2) is 13.1. The minimum atomic E-state index is -0.787. The van der Waals surface area contributed by atoms with Crippen LogP contribution in [0.2, 0.25) is 0 Å². The van der Waals surface area contributed by atoms with Gasteiger partial charge in [0.15, 0.2) is 6.54 Å². The molecule has 4 nitrogen and oxygen atoms in total. The molecule has 1 aromatic rings. The fraction of sp³-hybridized carbons (Fsp3) is 0.778. The Bertz CT molecular complexity index is 433. The van der Waals surface area contributed by atoms with Gasteiger partial charge < -0.3 is 9.81 Å². The molecule has 1 heterocycles. The molecule has 0 saturated carbocycles. The molecule has 0 amide bonds. The fourth-order valence-electron chi connectivity index (χ4n) is 2.86. The van der Waals surface area contributed by atoms with Gasteiger partial charge in [-0.1, -0.05) is 58.3 Å². The van der Waals surface area contributed by atoms with E-state index in [-0.39, 0.29) is 11.2 Å². The molecule has 0 aliphatic heterocycles. The van der Waals surface area contributed by atoms with Gasteiger partial charge >= 0.3 is 5.97 Å². The van der Waals surface area contributed by atoms with Crippen LogP contribution in [-0.4, -0.2) is 15.6 Å². The number of hydrogen-bond donors (Lipinski definition) is 1. The number of hydrogen-bond acceptors (Lipinski definition) is 1. The zero-order chi connectivity index (χ0) is 16.2. The Labute approximate surface area is 139 Å². The van der Waals surface area contributed by atoms with Gasteiger partial charge in [-0.05, 0) is 12.8 Å². The van der Waals surface area contributed by atoms with Gasteiger partial charge in [-0.2, -0.15) is 0 Å². The van der Waals surface area contributed by atoms with Gasteiger partial charge in [-0.15, -0.1) is 0 Å². The van der Waals surface area contributed by atoms with Crippen LogP contribution < -0.4 is 9.27 Å². The Balaban J connectivity index is 0.00000484. The van der Waals surface area contributed by atoms with Gasteiger partial charge in [-0.25, -0.2) is 13.9 Å². The van der Waals surface area contributed by atoms with Crippen molar-refractivity contribution in [3.63, 3.8) is 0 Å². The topological polar surface area (TPSA) is 46.1 Å². The Morgan fingerprint density at radius 2 is 1.57 bits per heavy atom. The van der Waals surface area contributed by atoms with Crippen LogP contribution in [0.25, 0.3) is 0 Å². The lowest BCUT2D eigenvalue weighted by molar-refractivity contribution is -0.691. The van der Waals surface area contributed by atoms with E-state index in [1.165, 1.54) is 64.2 Å². The van der Waals surface area contributed by atoms with Gasteiger partial charge in [0.05, 0.1) is 6.54 Å². The van der Waals surface area contributed by atoms with E-state index in [0.717, 1.165) is 12.4 Å². The van der Waals surface area contributed by atoms with Gasteiger partial charge in [0, 0.05) is 6.92 Å². The maximum atomic E-state index is 10.7. The molecule has 1 N–H and O–H groups in total. The highest BCUT2D eigenvalue weighted by Gasteiger charge is 2.13. The first-order valence-electron chi connectivity index (χ1n) is 8.92. The smallest absolute Gasteiger partial charge is 0.346 e. The molecule has 0 aliphatic carbocycles. The molecule has 0 aliphatic rings. The third kappa shape index (κ3) is 9.36. The molecule has 5 heteroatoms. The second-order valence-corrected chi connectivity index (χ2v) is 6.24. The molecule has 0 atom stereocenters. The SMILES string of the molecule is CCCCCCCCCCCCn1cc[n+](CC(=O)O)c1C.[F-]. The molecule has 1 rings (SSSR count). The molecule has 0 aromatic carbocycles. The monoisotopic (exact) mass is 328 g/mol. The number of aliphatic carboxylic acids is 1. The number of imidazole rings is 1. The number of carboxylic acids is 1. The maximum Gasteiger partial charge on any atom is 0.346 e. The van der Waals surface area contributed by atoms with Crippen LogP contribution >= 0.6 is 0 Å². The molecule has 23 heavy (non-hydrogen) atoms. The molecule has 0 fully saturated rings. The summed E-state index contributed by atoms with van der Waals surface area (Å²) in [5.74, 6) is 0.239. The third-order valence-corrected chi connectivity index (χ3v) is 4.32. The molecular weight excluding hydrogens is 295 g/mol. The van der Waals surface area contributed by atoms with Gasteiger partial charge in [0.2, 0.25) is 0 Å². The van der Waals surface area contributed by atoms with Crippen LogP contribution in [-0.2, 0) is 17.9 Å². The zero-order valence-electron chi connectivity index (χ0n) is 14.8. The second-order valence-electron chi connectivity index (χ2n) is 6.24. The summed E-state index contributed by atoms with van der Waals surface area (Å²) in [5.41, 5.74) is 0. The van der Waals surface area contributed by atoms with E-state index in [2.05, 4.69) is 11.5 Å². The summed E-state index contributed by atoms with van der Waals surface area (Å²) in [6, 6.07) is 0. The molecule has 0 saturated heterocycles. The van der Waals surface area contributed by atoms with E-state index < -0.39 is 5.97 Å². The average Bonchev–Trinajstić information content (AvgIpc) is 2.81. The zero-order valence-corrected chi connectivity index (χ0v) is 14.8. The van der Waals surface area contributed by atoms with Crippen molar-refractivity contribution in [2.75, 3.05) is 0 Å². The van der Waals surface area contributed by atoms with Crippen molar-refractivity contribution in [1.29, 1.82) is 0 Å². The van der Waals surface area contributed by atoms with Crippen molar-refractivity contribution >= 4 is 5.97 Å². The minimum Gasteiger partial charge on any atom is -1.00 e. The summed E-state index contributed by atoms with van der Waals surface area (Å²) in [6.07, 6.45) is 17.3. The van der Waals surface area contributed by atoms with Crippen molar-refractivity contribution in [2.24, 2.45) is 0 Å². The lowest BCUT2D eigenvalue weighted by Crippen LogP contribution is -3.00. The number of unbranched alkanes of at least 4 members (excludes halogenated alkanes) is 9. The molecule has 134 valence electrons. The van der Waals surface area contributed by atoms with Crippen molar-refractivity contribution in [2.45, 2.75) is 91.1 Å². The molecule has 0 spiro atoms. The van der Waals surface area contributed by atoms with Crippen LogP contribution in [0.3, 0.4) is 0 Å². The summed E-state index contributed by atoms with van der Waals surface area (Å²) in [6.45, 7) is 5.29. The van der Waals surface area contributed by atoms with E-state index in [1.54, 1.807) is 4.57 Å². The van der Waals surface area contributed by atoms with Gasteiger partial charge in [-0.3, -0.25) is 0 Å². The average molecular weight is 328 g/mol. The van der Waals surface area contributed by atoms with Crippen LogP contribution in [0.1, 0.15) is 77.0 Å². The summed E-state index contributed by atoms with van der Waals surface area (Å²) >= 11 is 0. The largest absolute Gasteiger partial charge is 1.00 e. The van der Waals surface area contributed by atoms with Crippen molar-refractivity contribution < 1.29 is 19.2 Å². The third-order valence-electron chi connectivity index (χ3n) is 4.32. The normalized spacial score (nSPS) is 10.5. The number of nitrogens with zero attached hydrogens (tertiary/aromatic N) is 2. The van der Waals surface area contributed by atoms with Crippen LogP contribution in [0.15, 0.2) is 12.4 Å². The first-order valence-corrected chi connectivity index (χ1v) is 8.92. The Morgan fingerprint density at radius 1 is 1.04 bits per heavy atom. The molecule has 0 radical (unpaired) electrons. The van der Waals surface area contributed by atoms with E-state index in [9.17, 15) is 4.79 Å². The van der Waals surface area contributed by atoms with E-state index >= 15 is 0 Å². The Morgan fingerprint density at radius 3 is 2.09 bits per heavy atom. The fourth-order valence-corrected chi connectivity index (χ4v) is 2.86. The van der Waals surface area contributed by atoms with Crippen molar-refractivity contribution in [3.05, 3.63) is 18.2 Å². The van der Waals surface area contributed by atoms with Crippen molar-refractivity contribution in [3.8, 4) is 0 Å². The number of rotatable bonds is 13. The lowest BCUT2D eigenvalue weighted by atomic mass is 10.1. The standard InChI is InChI=1S/C18H32N2O2.FH/c1-3-4-5-6-7-8-9-10-11-12-13-19-14-15-20(17(19)2)16-18(21)22;/h14-15H,3-13,16H2,1-2H3;1H. The predicted molar refractivity (Wildman–Crippen MR) is 88.8 cm³/mol. The highest BCUT2D eigenvalue weighted by atomic mass is 19.0. The molecular formula is C18H33FN2O2. The van der Waals surface area contributed by atoms with Gasteiger partial charge in [0.1, 0.15) is 12.4 Å². The summed E-state index contributed by atoms with van der Waals surface area (Å²) in [5, 5.41) is 8.84. The summed E-state index contributed by atoms with van der Waals surface area (Å²) in [7, 11) is 0. The summed E-state index contributed by atoms with van der Waals surface area (Å²) < 4.78 is 3.95. The number of carboxylic acid groups (broad SMARTS) is 1. The first-order chi connectivity index (χ1) is 10.6. The Kier molecular flexibility index (Phi) is 12.3. The molecule has 0 unspecified atom stereocenters. The van der Waals surface area contributed by atoms with Crippen LogP contribution in [0, 0.1) is 6.92 Å². The van der Waals surface area contributed by atoms with Crippen LogP contribution in [0.5, 0.6) is 0 Å². The maximum absolute atomic E-state index is 10.7. The molecule has 0 bridgehead atoms. The van der Waals surface area contributed by atoms with E-state index in [0.29, 0.717) is 0 Å². The summed E-state index contributed by atoms with van der Waals surface area (Å²) in [4.78, 5) is 10.7. The Hall–Kier alpha value is -1.39. The quantitative estimate of drug-likeness (QED) is 0.435. The number of halogens is 1. The predicted octanol–water partition coefficient (Wildman–Crippen LogP) is 1.09. The van der Waals surface area contributed by atoms with Gasteiger partial charge in [0.25, 0.3) is 5.82 Å². The van der Waals surface area contributed by atoms with Crippen LogP contribution in [0.4, 0.5) is 0 Å². The number of aromatic nitrogens is 2. The number of aryl methyl sites for hydroxylation is 1. The first kappa shape index (κ1) is 21.6. The van der Waals surface area contributed by atoms with E-state index in [1.807, 2.05) is 19.3 Å². The molecule has 1 aromatic heterocycles. The highest BCUT2D eigenvalue weighted by molar-refractivity contribution is 5.64. The van der Waals surface area contributed by atoms with Crippen molar-refractivity contribution in [1.82, 2.24) is 4.57 Å².